The van der Waals surface area contributed by atoms with Crippen molar-refractivity contribution in [1.29, 1.82) is 0 Å². The Labute approximate surface area is 136 Å². The summed E-state index contributed by atoms with van der Waals surface area (Å²) in [7, 11) is 0. The molecule has 0 fully saturated rings. The zero-order valence-corrected chi connectivity index (χ0v) is 14.0. The van der Waals surface area contributed by atoms with Gasteiger partial charge in [-0.1, -0.05) is 68.4 Å². The van der Waals surface area contributed by atoms with Crippen molar-refractivity contribution in [1.82, 2.24) is 0 Å². The normalized spacial score (nSPS) is 12.4. The maximum Gasteiger partial charge on any atom is 0.303 e. The molecule has 1 N–H and O–H groups in total. The van der Waals surface area contributed by atoms with Gasteiger partial charge in [-0.25, -0.2) is 0 Å². The second kappa shape index (κ2) is 17.5. The molecule has 0 saturated heterocycles. The highest BCUT2D eigenvalue weighted by molar-refractivity contribution is 5.66. The van der Waals surface area contributed by atoms with Crippen LogP contribution in [0.5, 0.6) is 0 Å². The molecule has 0 spiro atoms. The van der Waals surface area contributed by atoms with Gasteiger partial charge in [-0.3, -0.25) is 4.79 Å². The molecule has 0 radical (unpaired) electrons. The van der Waals surface area contributed by atoms with Gasteiger partial charge in [0.2, 0.25) is 0 Å². The summed E-state index contributed by atoms with van der Waals surface area (Å²) in [6.45, 7) is 2.15. The van der Waals surface area contributed by atoms with Gasteiger partial charge in [0, 0.05) is 6.42 Å². The number of allylic oxidation sites excluding steroid dienone is 8. The minimum Gasteiger partial charge on any atom is -0.481 e. The van der Waals surface area contributed by atoms with Crippen molar-refractivity contribution in [2.75, 3.05) is 0 Å². The van der Waals surface area contributed by atoms with E-state index >= 15 is 0 Å². The summed E-state index contributed by atoms with van der Waals surface area (Å²) in [4.78, 5) is 10.3. The fourth-order valence-electron chi connectivity index (χ4n) is 1.99. The fraction of sp³-hybridized carbons (Fsp3) is 0.550. The van der Waals surface area contributed by atoms with Gasteiger partial charge in [-0.05, 0) is 44.9 Å². The summed E-state index contributed by atoms with van der Waals surface area (Å²) < 4.78 is 0. The van der Waals surface area contributed by atoms with E-state index in [1.165, 1.54) is 0 Å². The van der Waals surface area contributed by atoms with Gasteiger partial charge in [0.15, 0.2) is 0 Å². The number of aliphatic carboxylic acids is 1. The molecule has 124 valence electrons. The highest BCUT2D eigenvalue weighted by Gasteiger charge is 1.95. The van der Waals surface area contributed by atoms with Crippen LogP contribution in [0.4, 0.5) is 0 Å². The summed E-state index contributed by atoms with van der Waals surface area (Å²) in [5.74, 6) is -0.682. The second-order valence-electron chi connectivity index (χ2n) is 5.35. The van der Waals surface area contributed by atoms with Gasteiger partial charge in [-0.2, -0.15) is 0 Å². The number of carboxylic acid groups (broad SMARTS) is 1. The van der Waals surface area contributed by atoms with E-state index in [1.807, 2.05) is 0 Å². The van der Waals surface area contributed by atoms with Crippen LogP contribution < -0.4 is 0 Å². The summed E-state index contributed by atoms with van der Waals surface area (Å²) in [6, 6.07) is 0. The topological polar surface area (TPSA) is 37.3 Å². The number of unbranched alkanes of at least 4 members (excludes halogenated alkanes) is 4. The van der Waals surface area contributed by atoms with Crippen molar-refractivity contribution in [3.8, 4) is 0 Å². The number of carboxylic acids is 1. The van der Waals surface area contributed by atoms with Crippen LogP contribution in [0.2, 0.25) is 0 Å². The molecule has 2 nitrogen and oxygen atoms in total. The molecule has 0 heterocycles. The van der Waals surface area contributed by atoms with Crippen molar-refractivity contribution < 1.29 is 9.90 Å². The van der Waals surface area contributed by atoms with E-state index in [0.29, 0.717) is 6.42 Å². The molecule has 22 heavy (non-hydrogen) atoms. The minimum atomic E-state index is -0.682. The van der Waals surface area contributed by atoms with Crippen LogP contribution in [0, 0.1) is 0 Å². The Balaban J connectivity index is 3.34. The van der Waals surface area contributed by atoms with Crippen molar-refractivity contribution in [2.45, 2.75) is 71.1 Å². The summed E-state index contributed by atoms with van der Waals surface area (Å²) in [5.41, 5.74) is 0. The highest BCUT2D eigenvalue weighted by atomic mass is 16.4. The molecular formula is C20H32O2. The first kappa shape index (κ1) is 20.4. The number of hydrogen-bond acceptors (Lipinski definition) is 1. The zero-order valence-electron chi connectivity index (χ0n) is 14.0. The first-order valence-corrected chi connectivity index (χ1v) is 8.59. The zero-order chi connectivity index (χ0) is 16.3. The van der Waals surface area contributed by atoms with Gasteiger partial charge in [-0.15, -0.1) is 0 Å². The number of carbonyl (C=O) groups is 1. The Morgan fingerprint density at radius 3 is 1.77 bits per heavy atom. The maximum atomic E-state index is 10.3. The molecule has 0 aliphatic rings. The lowest BCUT2D eigenvalue weighted by molar-refractivity contribution is -0.137. The molecule has 0 aromatic rings. The van der Waals surface area contributed by atoms with Crippen LogP contribution in [-0.2, 0) is 4.79 Å². The number of rotatable bonds is 14. The number of hydrogen-bond donors (Lipinski definition) is 1. The van der Waals surface area contributed by atoms with Crippen LogP contribution in [0.1, 0.15) is 71.1 Å². The third-order valence-electron chi connectivity index (χ3n) is 3.23. The van der Waals surface area contributed by atoms with E-state index in [9.17, 15) is 4.79 Å². The summed E-state index contributed by atoms with van der Waals surface area (Å²) >= 11 is 0. The predicted octanol–water partition coefficient (Wildman–Crippen LogP) is 6.22. The van der Waals surface area contributed by atoms with Crippen molar-refractivity contribution in [3.63, 3.8) is 0 Å². The average Bonchev–Trinajstić information content (AvgIpc) is 2.50. The Hall–Kier alpha value is -1.57. The molecule has 0 bridgehead atoms. The Morgan fingerprint density at radius 2 is 1.23 bits per heavy atom. The van der Waals surface area contributed by atoms with E-state index in [-0.39, 0.29) is 0 Å². The lowest BCUT2D eigenvalue weighted by Gasteiger charge is -1.96. The Bertz CT molecular complexity index is 362. The average molecular weight is 304 g/mol. The monoisotopic (exact) mass is 304 g/mol. The smallest absolute Gasteiger partial charge is 0.303 e. The SMILES string of the molecule is CC/C=C\C/C=C/C/C=C\C/C=C/CCCCCCC(=O)O. The fourth-order valence-corrected chi connectivity index (χ4v) is 1.99. The van der Waals surface area contributed by atoms with Gasteiger partial charge in [0.05, 0.1) is 0 Å². The van der Waals surface area contributed by atoms with Crippen LogP contribution in [0.3, 0.4) is 0 Å². The van der Waals surface area contributed by atoms with Crippen LogP contribution in [-0.4, -0.2) is 11.1 Å². The van der Waals surface area contributed by atoms with E-state index in [2.05, 4.69) is 55.5 Å². The molecule has 0 amide bonds. The molecule has 2 heteroatoms. The van der Waals surface area contributed by atoms with Crippen molar-refractivity contribution in [3.05, 3.63) is 48.6 Å². The largest absolute Gasteiger partial charge is 0.481 e. The molecule has 0 rings (SSSR count). The summed E-state index contributed by atoms with van der Waals surface area (Å²) in [5, 5.41) is 8.51. The van der Waals surface area contributed by atoms with Gasteiger partial charge < -0.3 is 5.11 Å². The molecule has 0 aromatic carbocycles. The maximum absolute atomic E-state index is 10.3. The summed E-state index contributed by atoms with van der Waals surface area (Å²) in [6.07, 6.45) is 27.4. The standard InChI is InChI=1S/C20H32O2/c1-2-3-4-5-6-7-8-9-10-11-12-13-14-15-16-17-18-19-20(21)22/h3-4,6-7,9-10,12-13H,2,5,8,11,14-19H2,1H3,(H,21,22)/b4-3-,7-6+,10-9-,13-12+. The van der Waals surface area contributed by atoms with Crippen LogP contribution in [0.25, 0.3) is 0 Å². The Morgan fingerprint density at radius 1 is 0.727 bits per heavy atom. The molecular weight excluding hydrogens is 272 g/mol. The van der Waals surface area contributed by atoms with Crippen molar-refractivity contribution in [2.24, 2.45) is 0 Å². The van der Waals surface area contributed by atoms with Crippen LogP contribution in [0.15, 0.2) is 48.6 Å². The van der Waals surface area contributed by atoms with Crippen LogP contribution >= 0.6 is 0 Å². The molecule has 0 saturated carbocycles. The van der Waals surface area contributed by atoms with Crippen molar-refractivity contribution >= 4 is 5.97 Å². The third kappa shape index (κ3) is 18.4. The Kier molecular flexibility index (Phi) is 16.2. The predicted molar refractivity (Wildman–Crippen MR) is 96.0 cm³/mol. The molecule has 0 aliphatic heterocycles. The lowest BCUT2D eigenvalue weighted by Crippen LogP contribution is -1.93. The first-order chi connectivity index (χ1) is 10.8. The lowest BCUT2D eigenvalue weighted by atomic mass is 10.1. The molecule has 0 aliphatic carbocycles. The van der Waals surface area contributed by atoms with E-state index in [0.717, 1.165) is 57.8 Å². The van der Waals surface area contributed by atoms with Gasteiger partial charge in [0.1, 0.15) is 0 Å². The first-order valence-electron chi connectivity index (χ1n) is 8.59. The van der Waals surface area contributed by atoms with Gasteiger partial charge >= 0.3 is 5.97 Å². The highest BCUT2D eigenvalue weighted by Crippen LogP contribution is 2.06. The van der Waals surface area contributed by atoms with E-state index in [1.54, 1.807) is 0 Å². The van der Waals surface area contributed by atoms with E-state index < -0.39 is 5.97 Å². The molecule has 0 unspecified atom stereocenters. The van der Waals surface area contributed by atoms with Gasteiger partial charge in [0.25, 0.3) is 0 Å². The molecule has 0 atom stereocenters. The third-order valence-corrected chi connectivity index (χ3v) is 3.23. The molecule has 0 aromatic heterocycles. The minimum absolute atomic E-state index is 0.309. The quantitative estimate of drug-likeness (QED) is 0.305. The van der Waals surface area contributed by atoms with E-state index in [4.69, 9.17) is 5.11 Å². The second-order valence-corrected chi connectivity index (χ2v) is 5.35.